The summed E-state index contributed by atoms with van der Waals surface area (Å²) in [6.45, 7) is 3.76. The molecule has 2 saturated carbocycles. The zero-order chi connectivity index (χ0) is 33.7. The van der Waals surface area contributed by atoms with E-state index >= 15 is 0 Å². The largest absolute Gasteiger partial charge is 0.351 e. The highest BCUT2D eigenvalue weighted by Gasteiger charge is 2.25. The van der Waals surface area contributed by atoms with Crippen molar-refractivity contribution < 1.29 is 0 Å². The summed E-state index contributed by atoms with van der Waals surface area (Å²) in [6, 6.07) is 6.07. The van der Waals surface area contributed by atoms with E-state index in [0.717, 1.165) is 80.9 Å². The second-order valence-electron chi connectivity index (χ2n) is 14.7. The van der Waals surface area contributed by atoms with Crippen LogP contribution in [-0.2, 0) is 13.1 Å². The van der Waals surface area contributed by atoms with E-state index in [1.807, 2.05) is 27.6 Å². The summed E-state index contributed by atoms with van der Waals surface area (Å²) in [7, 11) is 4.11. The Morgan fingerprint density at radius 3 is 2.06 bits per heavy atom. The monoisotopic (exact) mass is 668 g/mol. The van der Waals surface area contributed by atoms with Gasteiger partial charge in [-0.3, -0.25) is 23.6 Å². The number of aromatic nitrogens is 6. The third-order valence-electron chi connectivity index (χ3n) is 10.8. The van der Waals surface area contributed by atoms with Gasteiger partial charge >= 0.3 is 0 Å². The highest BCUT2D eigenvalue weighted by atomic mass is 16.1. The first kappa shape index (κ1) is 33.6. The van der Waals surface area contributed by atoms with Crippen molar-refractivity contribution in [1.29, 1.82) is 0 Å². The number of likely N-dealkylation sites (tertiary alicyclic amines) is 1. The van der Waals surface area contributed by atoms with Gasteiger partial charge < -0.3 is 15.5 Å². The molecule has 0 radical (unpaired) electrons. The Morgan fingerprint density at radius 2 is 1.41 bits per heavy atom. The van der Waals surface area contributed by atoms with Gasteiger partial charge in [0.1, 0.15) is 11.3 Å². The van der Waals surface area contributed by atoms with E-state index in [9.17, 15) is 9.59 Å². The van der Waals surface area contributed by atoms with Crippen LogP contribution in [0.4, 0.5) is 11.9 Å². The Kier molecular flexibility index (Phi) is 10.5. The van der Waals surface area contributed by atoms with Crippen LogP contribution < -0.4 is 21.8 Å². The van der Waals surface area contributed by atoms with Crippen LogP contribution >= 0.6 is 0 Å². The van der Waals surface area contributed by atoms with Crippen molar-refractivity contribution in [3.8, 4) is 0 Å². The van der Waals surface area contributed by atoms with Crippen molar-refractivity contribution >= 4 is 34.0 Å². The second kappa shape index (κ2) is 15.3. The second-order valence-corrected chi connectivity index (χ2v) is 14.7. The summed E-state index contributed by atoms with van der Waals surface area (Å²) in [5.74, 6) is 1.22. The number of nitrogens with one attached hydrogen (secondary N) is 2. The molecule has 0 spiro atoms. The highest BCUT2D eigenvalue weighted by Crippen LogP contribution is 2.28. The van der Waals surface area contributed by atoms with Crippen molar-refractivity contribution in [2.75, 3.05) is 44.4 Å². The van der Waals surface area contributed by atoms with Gasteiger partial charge in [-0.15, -0.1) is 0 Å². The predicted molar refractivity (Wildman–Crippen MR) is 195 cm³/mol. The molecule has 49 heavy (non-hydrogen) atoms. The Balaban J connectivity index is 1.09. The molecular weight excluding hydrogens is 616 g/mol. The zero-order valence-electron chi connectivity index (χ0n) is 29.2. The minimum absolute atomic E-state index is 0.0157. The minimum Gasteiger partial charge on any atom is -0.351 e. The molecule has 2 aliphatic carbocycles. The molecule has 4 aromatic rings. The third-order valence-corrected chi connectivity index (χ3v) is 10.8. The van der Waals surface area contributed by atoms with Crippen molar-refractivity contribution in [1.82, 2.24) is 38.9 Å². The Bertz CT molecular complexity index is 1850. The van der Waals surface area contributed by atoms with Gasteiger partial charge in [0.05, 0.1) is 0 Å². The lowest BCUT2D eigenvalue weighted by Gasteiger charge is -2.33. The van der Waals surface area contributed by atoms with Crippen LogP contribution in [0.3, 0.4) is 0 Å². The number of anilines is 2. The molecule has 0 bridgehead atoms. The van der Waals surface area contributed by atoms with Gasteiger partial charge in [0.15, 0.2) is 0 Å². The summed E-state index contributed by atoms with van der Waals surface area (Å²) < 4.78 is 3.72. The number of pyridine rings is 2. The SMILES string of the molecule is CN(C)CCCn1c(=O)cc(CN2CCC(n3c(=O)ccc4cnc(NC5CCCCC5)nc43)CC2)c2cnc(NC3CCCCC3)nc21. The fraction of sp³-hybridized carbons (Fsp3) is 0.622. The highest BCUT2D eigenvalue weighted by molar-refractivity contribution is 5.79. The number of hydrogen-bond donors (Lipinski definition) is 2. The van der Waals surface area contributed by atoms with Crippen molar-refractivity contribution in [3.05, 3.63) is 56.9 Å². The number of piperidine rings is 1. The number of hydrogen-bond acceptors (Lipinski definition) is 10. The third kappa shape index (κ3) is 7.96. The van der Waals surface area contributed by atoms with Crippen LogP contribution in [0.2, 0.25) is 0 Å². The van der Waals surface area contributed by atoms with Crippen LogP contribution in [0, 0.1) is 0 Å². The molecule has 262 valence electrons. The minimum atomic E-state index is -0.0214. The Hall–Kier alpha value is -3.90. The average Bonchev–Trinajstić information content (AvgIpc) is 3.11. The molecule has 7 rings (SSSR count). The number of aryl methyl sites for hydroxylation is 1. The molecule has 2 N–H and O–H groups in total. The Labute approximate surface area is 288 Å². The van der Waals surface area contributed by atoms with E-state index in [1.165, 1.54) is 38.5 Å². The maximum Gasteiger partial charge on any atom is 0.252 e. The smallest absolute Gasteiger partial charge is 0.252 e. The quantitative estimate of drug-likeness (QED) is 0.221. The molecule has 12 heteroatoms. The standard InChI is InChI=1S/C37H52N10O2/c1-44(2)18-9-19-46-33(49)22-27(31-24-39-37(43-35(31)46)41-29-12-7-4-8-13-29)25-45-20-16-30(17-21-45)47-32(48)15-14-26-23-38-36(42-34(26)47)40-28-10-5-3-6-11-28/h14-15,22-24,28-30H,3-13,16-21,25H2,1-2H3,(H,38,40,42)(H,39,41,43). The lowest BCUT2D eigenvalue weighted by Crippen LogP contribution is -2.37. The molecule has 0 amide bonds. The van der Waals surface area contributed by atoms with Gasteiger partial charge in [-0.25, -0.2) is 9.97 Å². The summed E-state index contributed by atoms with van der Waals surface area (Å²) in [6.07, 6.45) is 18.2. The maximum absolute atomic E-state index is 13.6. The van der Waals surface area contributed by atoms with Crippen LogP contribution in [0.15, 0.2) is 40.2 Å². The molecule has 1 aliphatic heterocycles. The molecule has 3 aliphatic rings. The van der Waals surface area contributed by atoms with Gasteiger partial charge in [-0.2, -0.15) is 9.97 Å². The first-order valence-corrected chi connectivity index (χ1v) is 18.6. The van der Waals surface area contributed by atoms with E-state index in [0.29, 0.717) is 48.4 Å². The van der Waals surface area contributed by atoms with E-state index in [1.54, 1.807) is 12.1 Å². The van der Waals surface area contributed by atoms with Crippen LogP contribution in [-0.4, -0.2) is 84.7 Å². The number of fused-ring (bicyclic) bond motifs is 2. The fourth-order valence-corrected chi connectivity index (χ4v) is 8.07. The maximum atomic E-state index is 13.6. The van der Waals surface area contributed by atoms with E-state index in [2.05, 4.69) is 39.5 Å². The van der Waals surface area contributed by atoms with Gasteiger partial charge in [0.25, 0.3) is 11.1 Å². The van der Waals surface area contributed by atoms with Crippen molar-refractivity contribution in [3.63, 3.8) is 0 Å². The summed E-state index contributed by atoms with van der Waals surface area (Å²) in [4.78, 5) is 50.6. The van der Waals surface area contributed by atoms with E-state index in [-0.39, 0.29) is 17.2 Å². The molecule has 0 unspecified atom stereocenters. The number of nitrogens with zero attached hydrogens (tertiary/aromatic N) is 8. The first-order chi connectivity index (χ1) is 23.9. The first-order valence-electron chi connectivity index (χ1n) is 18.6. The lowest BCUT2D eigenvalue weighted by atomic mass is 9.96. The molecule has 1 saturated heterocycles. The van der Waals surface area contributed by atoms with Gasteiger partial charge in [-0.1, -0.05) is 38.5 Å². The Morgan fingerprint density at radius 1 is 0.776 bits per heavy atom. The molecule has 12 nitrogen and oxygen atoms in total. The summed E-state index contributed by atoms with van der Waals surface area (Å²) >= 11 is 0. The topological polar surface area (TPSA) is 126 Å². The molecule has 0 atom stereocenters. The van der Waals surface area contributed by atoms with Crippen molar-refractivity contribution in [2.45, 2.75) is 115 Å². The van der Waals surface area contributed by atoms with Crippen molar-refractivity contribution in [2.24, 2.45) is 0 Å². The molecule has 3 fully saturated rings. The van der Waals surface area contributed by atoms with Crippen LogP contribution in [0.1, 0.15) is 95.1 Å². The van der Waals surface area contributed by atoms with Gasteiger partial charge in [0.2, 0.25) is 11.9 Å². The van der Waals surface area contributed by atoms with Crippen LogP contribution in [0.5, 0.6) is 0 Å². The van der Waals surface area contributed by atoms with E-state index < -0.39 is 0 Å². The normalized spacial score (nSPS) is 18.8. The summed E-state index contributed by atoms with van der Waals surface area (Å²) in [5, 5.41) is 8.90. The van der Waals surface area contributed by atoms with Gasteiger partial charge in [0, 0.05) is 79.6 Å². The fourth-order valence-electron chi connectivity index (χ4n) is 8.07. The average molecular weight is 669 g/mol. The predicted octanol–water partition coefficient (Wildman–Crippen LogP) is 5.17. The number of rotatable bonds is 11. The van der Waals surface area contributed by atoms with Gasteiger partial charge in [-0.05, 0) is 77.2 Å². The zero-order valence-corrected chi connectivity index (χ0v) is 29.2. The molecular formula is C37H52N10O2. The summed E-state index contributed by atoms with van der Waals surface area (Å²) in [5.41, 5.74) is 2.34. The molecule has 5 heterocycles. The molecule has 0 aromatic carbocycles. The van der Waals surface area contributed by atoms with Crippen LogP contribution in [0.25, 0.3) is 22.1 Å². The van der Waals surface area contributed by atoms with E-state index in [4.69, 9.17) is 15.0 Å². The lowest BCUT2D eigenvalue weighted by molar-refractivity contribution is 0.180. The molecule has 4 aromatic heterocycles.